The SMILES string of the molecule is CCCNCc1ccccc1SCCC(=O)OC. The molecule has 0 atom stereocenters. The number of ether oxygens (including phenoxy) is 1. The normalized spacial score (nSPS) is 10.3. The highest BCUT2D eigenvalue weighted by Crippen LogP contribution is 2.23. The van der Waals surface area contributed by atoms with Gasteiger partial charge in [0.15, 0.2) is 0 Å². The van der Waals surface area contributed by atoms with Gasteiger partial charge < -0.3 is 10.1 Å². The van der Waals surface area contributed by atoms with Crippen LogP contribution in [0.2, 0.25) is 0 Å². The van der Waals surface area contributed by atoms with Crippen LogP contribution in [0, 0.1) is 0 Å². The zero-order valence-corrected chi connectivity index (χ0v) is 11.9. The Balaban J connectivity index is 2.45. The summed E-state index contributed by atoms with van der Waals surface area (Å²) in [6.45, 7) is 4.07. The molecule has 1 aromatic rings. The van der Waals surface area contributed by atoms with Crippen molar-refractivity contribution in [2.75, 3.05) is 19.4 Å². The zero-order valence-electron chi connectivity index (χ0n) is 11.1. The summed E-state index contributed by atoms with van der Waals surface area (Å²) in [5, 5.41) is 3.40. The maximum atomic E-state index is 11.0. The third-order valence-electron chi connectivity index (χ3n) is 2.51. The summed E-state index contributed by atoms with van der Waals surface area (Å²) in [4.78, 5) is 12.3. The Morgan fingerprint density at radius 3 is 2.89 bits per heavy atom. The molecule has 0 amide bonds. The molecular weight excluding hydrogens is 246 g/mol. The minimum atomic E-state index is -0.149. The van der Waals surface area contributed by atoms with Gasteiger partial charge in [0.25, 0.3) is 0 Å². The molecule has 1 N–H and O–H groups in total. The number of benzene rings is 1. The molecule has 0 aliphatic carbocycles. The minimum absolute atomic E-state index is 0.149. The van der Waals surface area contributed by atoms with Crippen molar-refractivity contribution in [3.8, 4) is 0 Å². The van der Waals surface area contributed by atoms with Crippen LogP contribution in [0.1, 0.15) is 25.3 Å². The van der Waals surface area contributed by atoms with E-state index in [1.54, 1.807) is 11.8 Å². The van der Waals surface area contributed by atoms with Gasteiger partial charge in [0.2, 0.25) is 0 Å². The van der Waals surface area contributed by atoms with Gasteiger partial charge in [-0.3, -0.25) is 4.79 Å². The van der Waals surface area contributed by atoms with E-state index in [1.165, 1.54) is 17.6 Å². The van der Waals surface area contributed by atoms with Crippen LogP contribution in [-0.4, -0.2) is 25.4 Å². The smallest absolute Gasteiger partial charge is 0.306 e. The van der Waals surface area contributed by atoms with Crippen LogP contribution < -0.4 is 5.32 Å². The number of rotatable bonds is 8. The van der Waals surface area contributed by atoms with E-state index in [0.29, 0.717) is 6.42 Å². The topological polar surface area (TPSA) is 38.3 Å². The number of methoxy groups -OCH3 is 1. The van der Waals surface area contributed by atoms with Crippen molar-refractivity contribution in [2.45, 2.75) is 31.2 Å². The molecule has 0 saturated heterocycles. The molecule has 0 unspecified atom stereocenters. The van der Waals surface area contributed by atoms with Crippen LogP contribution in [0.3, 0.4) is 0 Å². The summed E-state index contributed by atoms with van der Waals surface area (Å²) in [5.41, 5.74) is 1.29. The lowest BCUT2D eigenvalue weighted by molar-refractivity contribution is -0.140. The molecule has 0 radical (unpaired) electrons. The third kappa shape index (κ3) is 5.56. The van der Waals surface area contributed by atoms with E-state index >= 15 is 0 Å². The van der Waals surface area contributed by atoms with E-state index < -0.39 is 0 Å². The maximum Gasteiger partial charge on any atom is 0.306 e. The average Bonchev–Trinajstić information content (AvgIpc) is 2.40. The summed E-state index contributed by atoms with van der Waals surface area (Å²) in [7, 11) is 1.43. The van der Waals surface area contributed by atoms with Gasteiger partial charge in [0, 0.05) is 17.2 Å². The predicted octanol–water partition coefficient (Wildman–Crippen LogP) is 2.84. The second kappa shape index (κ2) is 9.00. The van der Waals surface area contributed by atoms with E-state index in [1.807, 2.05) is 12.1 Å². The van der Waals surface area contributed by atoms with E-state index in [4.69, 9.17) is 0 Å². The Labute approximate surface area is 113 Å². The molecule has 1 rings (SSSR count). The fourth-order valence-corrected chi connectivity index (χ4v) is 2.53. The first kappa shape index (κ1) is 15.1. The van der Waals surface area contributed by atoms with Crippen LogP contribution in [0.25, 0.3) is 0 Å². The molecule has 0 saturated carbocycles. The molecule has 3 nitrogen and oxygen atoms in total. The van der Waals surface area contributed by atoms with Crippen LogP contribution in [0.4, 0.5) is 0 Å². The number of carbonyl (C=O) groups is 1. The van der Waals surface area contributed by atoms with Crippen LogP contribution in [0.15, 0.2) is 29.2 Å². The zero-order chi connectivity index (χ0) is 13.2. The Hall–Kier alpha value is -1.00. The van der Waals surface area contributed by atoms with Crippen molar-refractivity contribution < 1.29 is 9.53 Å². The molecule has 4 heteroatoms. The van der Waals surface area contributed by atoms with Gasteiger partial charge in [-0.2, -0.15) is 0 Å². The molecule has 0 heterocycles. The number of hydrogen-bond donors (Lipinski definition) is 1. The number of thioether (sulfide) groups is 1. The van der Waals surface area contributed by atoms with Gasteiger partial charge in [-0.15, -0.1) is 11.8 Å². The van der Waals surface area contributed by atoms with Crippen molar-refractivity contribution in [3.05, 3.63) is 29.8 Å². The Morgan fingerprint density at radius 1 is 1.39 bits per heavy atom. The van der Waals surface area contributed by atoms with Gasteiger partial charge in [0.05, 0.1) is 13.5 Å². The Morgan fingerprint density at radius 2 is 2.17 bits per heavy atom. The number of esters is 1. The molecule has 0 aliphatic rings. The summed E-state index contributed by atoms with van der Waals surface area (Å²) >= 11 is 1.71. The largest absolute Gasteiger partial charge is 0.469 e. The molecule has 0 spiro atoms. The van der Waals surface area contributed by atoms with Gasteiger partial charge in [0.1, 0.15) is 0 Å². The first-order valence-electron chi connectivity index (χ1n) is 6.26. The lowest BCUT2D eigenvalue weighted by Crippen LogP contribution is -2.14. The highest BCUT2D eigenvalue weighted by Gasteiger charge is 2.04. The van der Waals surface area contributed by atoms with Gasteiger partial charge in [-0.1, -0.05) is 25.1 Å². The van der Waals surface area contributed by atoms with Crippen LogP contribution >= 0.6 is 11.8 Å². The number of carbonyl (C=O) groups excluding carboxylic acids is 1. The molecule has 0 fully saturated rings. The molecule has 100 valence electrons. The fourth-order valence-electron chi connectivity index (χ4n) is 1.54. The van der Waals surface area contributed by atoms with Crippen molar-refractivity contribution in [1.29, 1.82) is 0 Å². The highest BCUT2D eigenvalue weighted by molar-refractivity contribution is 7.99. The summed E-state index contributed by atoms with van der Waals surface area (Å²) in [6.07, 6.45) is 1.59. The van der Waals surface area contributed by atoms with Crippen molar-refractivity contribution in [2.24, 2.45) is 0 Å². The number of nitrogens with one attached hydrogen (secondary N) is 1. The monoisotopic (exact) mass is 267 g/mol. The summed E-state index contributed by atoms with van der Waals surface area (Å²) < 4.78 is 4.63. The average molecular weight is 267 g/mol. The lowest BCUT2D eigenvalue weighted by atomic mass is 10.2. The number of hydrogen-bond acceptors (Lipinski definition) is 4. The Bertz CT molecular complexity index is 369. The van der Waals surface area contributed by atoms with Crippen LogP contribution in [0.5, 0.6) is 0 Å². The summed E-state index contributed by atoms with van der Waals surface area (Å²) in [5.74, 6) is 0.612. The van der Waals surface area contributed by atoms with E-state index in [-0.39, 0.29) is 5.97 Å². The first-order chi connectivity index (χ1) is 8.77. The minimum Gasteiger partial charge on any atom is -0.469 e. The van der Waals surface area contributed by atoms with Crippen molar-refractivity contribution in [1.82, 2.24) is 5.32 Å². The quantitative estimate of drug-likeness (QED) is 0.446. The fraction of sp³-hybridized carbons (Fsp3) is 0.500. The molecule has 0 aliphatic heterocycles. The van der Waals surface area contributed by atoms with Gasteiger partial charge in [-0.05, 0) is 24.6 Å². The van der Waals surface area contributed by atoms with Crippen molar-refractivity contribution >= 4 is 17.7 Å². The van der Waals surface area contributed by atoms with Crippen molar-refractivity contribution in [3.63, 3.8) is 0 Å². The second-order valence-electron chi connectivity index (χ2n) is 3.96. The second-order valence-corrected chi connectivity index (χ2v) is 5.10. The van der Waals surface area contributed by atoms with E-state index in [9.17, 15) is 4.79 Å². The maximum absolute atomic E-state index is 11.0. The third-order valence-corrected chi connectivity index (χ3v) is 3.62. The van der Waals surface area contributed by atoms with Gasteiger partial charge >= 0.3 is 5.97 Å². The summed E-state index contributed by atoms with van der Waals surface area (Å²) in [6, 6.07) is 8.31. The molecule has 1 aromatic carbocycles. The van der Waals surface area contributed by atoms with E-state index in [2.05, 4.69) is 29.1 Å². The molecule has 0 aromatic heterocycles. The standard InChI is InChI=1S/C14H21NO2S/c1-3-9-15-11-12-6-4-5-7-13(12)18-10-8-14(16)17-2/h4-7,15H,3,8-11H2,1-2H3. The lowest BCUT2D eigenvalue weighted by Gasteiger charge is -2.09. The molecular formula is C14H21NO2S. The van der Waals surface area contributed by atoms with Gasteiger partial charge in [-0.25, -0.2) is 0 Å². The Kier molecular flexibility index (Phi) is 7.53. The highest BCUT2D eigenvalue weighted by atomic mass is 32.2. The van der Waals surface area contributed by atoms with E-state index in [0.717, 1.165) is 25.3 Å². The molecule has 0 bridgehead atoms. The van der Waals surface area contributed by atoms with Crippen LogP contribution in [-0.2, 0) is 16.1 Å². The predicted molar refractivity (Wildman–Crippen MR) is 75.8 cm³/mol. The first-order valence-corrected chi connectivity index (χ1v) is 7.24. The molecule has 18 heavy (non-hydrogen) atoms.